The lowest BCUT2D eigenvalue weighted by atomic mass is 10.2. The average Bonchev–Trinajstić information content (AvgIpc) is 1.97. The average molecular weight is 199 g/mol. The maximum atomic E-state index is 10.3. The van der Waals surface area contributed by atoms with Crippen LogP contribution in [0.4, 0.5) is 0 Å². The van der Waals surface area contributed by atoms with Crippen molar-refractivity contribution in [3.63, 3.8) is 0 Å². The molecule has 0 spiro atoms. The van der Waals surface area contributed by atoms with Gasteiger partial charge in [-0.2, -0.15) is 0 Å². The van der Waals surface area contributed by atoms with Gasteiger partial charge in [0.15, 0.2) is 0 Å². The van der Waals surface area contributed by atoms with Crippen molar-refractivity contribution < 1.29 is 5.11 Å². The van der Waals surface area contributed by atoms with Crippen molar-refractivity contribution in [2.45, 2.75) is 38.7 Å². The molecule has 13 heavy (non-hydrogen) atoms. The van der Waals surface area contributed by atoms with Gasteiger partial charge in [-0.15, -0.1) is 0 Å². The molecule has 0 aliphatic heterocycles. The third kappa shape index (κ3) is 2.78. The van der Waals surface area contributed by atoms with Gasteiger partial charge in [0.05, 0.1) is 19.0 Å². The first kappa shape index (κ1) is 12.6. The van der Waals surface area contributed by atoms with Crippen LogP contribution in [0.25, 0.3) is 0 Å². The molecule has 0 amide bonds. The van der Waals surface area contributed by atoms with Gasteiger partial charge in [-0.3, -0.25) is 4.99 Å². The van der Waals surface area contributed by atoms with E-state index >= 15 is 0 Å². The van der Waals surface area contributed by atoms with Gasteiger partial charge in [0.25, 0.3) is 0 Å². The summed E-state index contributed by atoms with van der Waals surface area (Å²) >= 11 is 0. The summed E-state index contributed by atoms with van der Waals surface area (Å²) in [5, 5.41) is 9.53. The molecule has 1 N–H and O–H groups in total. The van der Waals surface area contributed by atoms with E-state index in [0.717, 1.165) is 5.71 Å². The second-order valence-corrected chi connectivity index (χ2v) is 9.86. The summed E-state index contributed by atoms with van der Waals surface area (Å²) in [7, 11) is -1.65. The fourth-order valence-electron chi connectivity index (χ4n) is 0.972. The molecule has 0 fully saturated rings. The van der Waals surface area contributed by atoms with Crippen molar-refractivity contribution in [1.82, 2.24) is 0 Å². The van der Waals surface area contributed by atoms with Gasteiger partial charge in [0, 0.05) is 6.54 Å². The molecule has 1 unspecified atom stereocenters. The molecule has 0 saturated heterocycles. The van der Waals surface area contributed by atoms with Crippen LogP contribution in [0.1, 0.15) is 13.8 Å². The van der Waals surface area contributed by atoms with E-state index < -0.39 is 13.3 Å². The third-order valence-corrected chi connectivity index (χ3v) is 5.66. The highest BCUT2D eigenvalue weighted by molar-refractivity contribution is 6.82. The third-order valence-electron chi connectivity index (χ3n) is 2.48. The van der Waals surface area contributed by atoms with Crippen molar-refractivity contribution in [3.05, 3.63) is 12.7 Å². The van der Waals surface area contributed by atoms with Gasteiger partial charge in [-0.25, -0.2) is 0 Å². The lowest BCUT2D eigenvalue weighted by molar-refractivity contribution is 0.207. The zero-order chi connectivity index (χ0) is 10.7. The lowest BCUT2D eigenvalue weighted by Crippen LogP contribution is -2.55. The number of nitrogens with zero attached hydrogens (tertiary/aromatic N) is 1. The maximum Gasteiger partial charge on any atom is 0.0918 e. The summed E-state index contributed by atoms with van der Waals surface area (Å²) in [6.07, 6.45) is 1.67. The molecule has 0 heterocycles. The summed E-state index contributed by atoms with van der Waals surface area (Å²) in [5.41, 5.74) is 0.731. The summed E-state index contributed by atoms with van der Waals surface area (Å²) < 4.78 is 0. The Kier molecular flexibility index (Phi) is 4.07. The van der Waals surface area contributed by atoms with E-state index in [-0.39, 0.29) is 0 Å². The molecule has 3 heteroatoms. The molecule has 0 rings (SSSR count). The van der Waals surface area contributed by atoms with E-state index in [4.69, 9.17) is 0 Å². The molecular weight excluding hydrogens is 178 g/mol. The van der Waals surface area contributed by atoms with Crippen LogP contribution in [0, 0.1) is 0 Å². The predicted octanol–water partition coefficient (Wildman–Crippen LogP) is 2.26. The minimum Gasteiger partial charge on any atom is -0.388 e. The maximum absolute atomic E-state index is 10.3. The predicted molar refractivity (Wildman–Crippen MR) is 62.1 cm³/mol. The topological polar surface area (TPSA) is 32.6 Å². The Hall–Kier alpha value is -0.413. The largest absolute Gasteiger partial charge is 0.388 e. The summed E-state index contributed by atoms with van der Waals surface area (Å²) in [6.45, 7) is 14.6. The quantitative estimate of drug-likeness (QED) is 0.547. The Balaban J connectivity index is 5.00. The van der Waals surface area contributed by atoms with Crippen molar-refractivity contribution in [2.24, 2.45) is 4.99 Å². The number of hydrogen-bond donors (Lipinski definition) is 1. The monoisotopic (exact) mass is 199 g/mol. The van der Waals surface area contributed by atoms with Crippen LogP contribution in [0.2, 0.25) is 19.6 Å². The second kappa shape index (κ2) is 4.20. The van der Waals surface area contributed by atoms with E-state index in [1.54, 1.807) is 6.08 Å². The Morgan fingerprint density at radius 2 is 2.00 bits per heavy atom. The fraction of sp³-hybridized carbons (Fsp3) is 0.700. The summed E-state index contributed by atoms with van der Waals surface area (Å²) in [6, 6.07) is 0. The molecule has 0 aromatic carbocycles. The van der Waals surface area contributed by atoms with E-state index in [2.05, 4.69) is 31.2 Å². The lowest BCUT2D eigenvalue weighted by Gasteiger charge is -2.35. The first-order chi connectivity index (χ1) is 5.77. The zero-order valence-corrected chi connectivity index (χ0v) is 10.4. The van der Waals surface area contributed by atoms with Gasteiger partial charge >= 0.3 is 0 Å². The number of aliphatic imine (C=N–C) groups is 1. The number of hydrogen-bond acceptors (Lipinski definition) is 2. The van der Waals surface area contributed by atoms with Crippen LogP contribution in [0.15, 0.2) is 17.6 Å². The molecule has 0 aliphatic rings. The standard InChI is InChI=1S/C10H21NOSi/c1-7-9(11-8-2)10(3,12)13(4,5)6/h7,12H,1,8H2,2-6H3. The van der Waals surface area contributed by atoms with Crippen molar-refractivity contribution >= 4 is 13.8 Å². The molecule has 0 aliphatic carbocycles. The van der Waals surface area contributed by atoms with Crippen LogP contribution in [-0.4, -0.2) is 30.7 Å². The van der Waals surface area contributed by atoms with Crippen molar-refractivity contribution in [1.29, 1.82) is 0 Å². The first-order valence-electron chi connectivity index (χ1n) is 4.67. The molecule has 0 radical (unpaired) electrons. The molecule has 0 aromatic rings. The normalized spacial score (nSPS) is 18.2. The molecule has 0 bridgehead atoms. The van der Waals surface area contributed by atoms with Gasteiger partial charge in [0.2, 0.25) is 0 Å². The highest BCUT2D eigenvalue weighted by atomic mass is 28.3. The Morgan fingerprint density at radius 3 is 2.23 bits per heavy atom. The zero-order valence-electron chi connectivity index (χ0n) is 9.39. The van der Waals surface area contributed by atoms with Gasteiger partial charge in [0.1, 0.15) is 0 Å². The molecular formula is C10H21NOSi. The Bertz CT molecular complexity index is 213. The molecule has 76 valence electrons. The van der Waals surface area contributed by atoms with Crippen LogP contribution in [0.3, 0.4) is 0 Å². The second-order valence-electron chi connectivity index (χ2n) is 4.39. The highest BCUT2D eigenvalue weighted by Crippen LogP contribution is 2.22. The fourth-order valence-corrected chi connectivity index (χ4v) is 1.92. The molecule has 1 atom stereocenters. The van der Waals surface area contributed by atoms with Crippen LogP contribution in [-0.2, 0) is 0 Å². The van der Waals surface area contributed by atoms with Gasteiger partial charge in [-0.05, 0) is 19.9 Å². The molecule has 0 aromatic heterocycles. The Labute approximate surface area is 82.4 Å². The van der Waals surface area contributed by atoms with Crippen LogP contribution in [0.5, 0.6) is 0 Å². The molecule has 0 saturated carbocycles. The van der Waals surface area contributed by atoms with Crippen LogP contribution >= 0.6 is 0 Å². The number of aliphatic hydroxyl groups is 1. The van der Waals surface area contributed by atoms with Crippen molar-refractivity contribution in [2.75, 3.05) is 6.54 Å². The minimum absolute atomic E-state index is 0.696. The van der Waals surface area contributed by atoms with Gasteiger partial charge in [-0.1, -0.05) is 26.2 Å². The summed E-state index contributed by atoms with van der Waals surface area (Å²) in [4.78, 5) is 4.26. The minimum atomic E-state index is -1.65. The first-order valence-corrected chi connectivity index (χ1v) is 8.17. The van der Waals surface area contributed by atoms with E-state index in [9.17, 15) is 5.11 Å². The Morgan fingerprint density at radius 1 is 1.54 bits per heavy atom. The SMILES string of the molecule is C=CC(=NCC)C(C)(O)[Si](C)(C)C. The molecule has 2 nitrogen and oxygen atoms in total. The van der Waals surface area contributed by atoms with Crippen molar-refractivity contribution in [3.8, 4) is 0 Å². The van der Waals surface area contributed by atoms with E-state index in [1.807, 2.05) is 13.8 Å². The van der Waals surface area contributed by atoms with E-state index in [1.165, 1.54) is 0 Å². The van der Waals surface area contributed by atoms with E-state index in [0.29, 0.717) is 6.54 Å². The number of rotatable bonds is 4. The van der Waals surface area contributed by atoms with Crippen LogP contribution < -0.4 is 0 Å². The highest BCUT2D eigenvalue weighted by Gasteiger charge is 2.40. The smallest absolute Gasteiger partial charge is 0.0918 e. The summed E-state index contributed by atoms with van der Waals surface area (Å²) in [5.74, 6) is 0. The van der Waals surface area contributed by atoms with Gasteiger partial charge < -0.3 is 5.11 Å².